The fraction of sp³-hybridized carbons (Fsp3) is 0.500. The van der Waals surface area contributed by atoms with Gasteiger partial charge < -0.3 is 5.32 Å². The number of benzene rings is 1. The van der Waals surface area contributed by atoms with Crippen LogP contribution in [0, 0.1) is 17.7 Å². The molecule has 2 N–H and O–H groups in total. The third kappa shape index (κ3) is 5.34. The number of sulfonamides is 1. The fourth-order valence-electron chi connectivity index (χ4n) is 1.77. The first-order chi connectivity index (χ1) is 9.64. The zero-order chi connectivity index (χ0) is 16.2. The molecule has 0 aliphatic carbocycles. The number of amides is 1. The molecule has 0 aromatic heterocycles. The zero-order valence-electron chi connectivity index (χ0n) is 12.6. The van der Waals surface area contributed by atoms with Gasteiger partial charge in [0.15, 0.2) is 0 Å². The lowest BCUT2D eigenvalue weighted by Gasteiger charge is -2.19. The maximum absolute atomic E-state index is 13.3. The third-order valence-corrected chi connectivity index (χ3v) is 4.04. The van der Waals surface area contributed by atoms with Crippen LogP contribution in [0.1, 0.15) is 27.2 Å². The first kappa shape index (κ1) is 17.4. The summed E-state index contributed by atoms with van der Waals surface area (Å²) in [5, 5.41) is 2.64. The summed E-state index contributed by atoms with van der Waals surface area (Å²) in [6, 6.07) is 3.53. The van der Waals surface area contributed by atoms with E-state index in [1.807, 2.05) is 13.8 Å². The lowest BCUT2D eigenvalue weighted by molar-refractivity contribution is -0.120. The summed E-state index contributed by atoms with van der Waals surface area (Å²) in [4.78, 5) is 12.1. The van der Waals surface area contributed by atoms with Crippen LogP contribution in [0.4, 0.5) is 15.8 Å². The quantitative estimate of drug-likeness (QED) is 0.847. The molecule has 2 atom stereocenters. The Kier molecular flexibility index (Phi) is 5.71. The maximum Gasteiger partial charge on any atom is 0.229 e. The molecule has 0 saturated heterocycles. The van der Waals surface area contributed by atoms with Crippen molar-refractivity contribution in [2.75, 3.05) is 16.3 Å². The molecular weight excluding hydrogens is 295 g/mol. The molecule has 0 aliphatic rings. The van der Waals surface area contributed by atoms with Crippen molar-refractivity contribution in [2.24, 2.45) is 11.8 Å². The lowest BCUT2D eigenvalue weighted by Crippen LogP contribution is -2.26. The summed E-state index contributed by atoms with van der Waals surface area (Å²) in [6.45, 7) is 5.75. The number of halogens is 1. The van der Waals surface area contributed by atoms with E-state index in [4.69, 9.17) is 0 Å². The Morgan fingerprint density at radius 3 is 2.43 bits per heavy atom. The van der Waals surface area contributed by atoms with Gasteiger partial charge in [0.05, 0.1) is 17.6 Å². The predicted molar refractivity (Wildman–Crippen MR) is 82.1 cm³/mol. The van der Waals surface area contributed by atoms with Crippen LogP contribution >= 0.6 is 0 Å². The molecule has 0 saturated carbocycles. The summed E-state index contributed by atoms with van der Waals surface area (Å²) < 4.78 is 38.0. The summed E-state index contributed by atoms with van der Waals surface area (Å²) in [5.74, 6) is -0.857. The van der Waals surface area contributed by atoms with Gasteiger partial charge in [0.25, 0.3) is 0 Å². The first-order valence-corrected chi connectivity index (χ1v) is 8.61. The van der Waals surface area contributed by atoms with Crippen molar-refractivity contribution in [3.8, 4) is 0 Å². The van der Waals surface area contributed by atoms with Crippen molar-refractivity contribution < 1.29 is 17.6 Å². The molecule has 0 radical (unpaired) electrons. The second-order valence-electron chi connectivity index (χ2n) is 5.23. The standard InChI is InChI=1S/C14H21FN2O3S/c1-5-9(2)10(3)14(18)16-12-7-6-11(15)8-13(12)17-21(4,19)20/h6-10,17H,5H2,1-4H3,(H,16,18)/t9-,10-/m0/s1. The van der Waals surface area contributed by atoms with E-state index in [2.05, 4.69) is 10.0 Å². The van der Waals surface area contributed by atoms with Gasteiger partial charge in [-0.25, -0.2) is 12.8 Å². The van der Waals surface area contributed by atoms with Crippen molar-refractivity contribution in [2.45, 2.75) is 27.2 Å². The Labute approximate surface area is 125 Å². The number of nitrogens with one attached hydrogen (secondary N) is 2. The topological polar surface area (TPSA) is 75.3 Å². The Balaban J connectivity index is 3.00. The zero-order valence-corrected chi connectivity index (χ0v) is 13.4. The summed E-state index contributed by atoms with van der Waals surface area (Å²) in [7, 11) is -3.56. The van der Waals surface area contributed by atoms with Gasteiger partial charge in [-0.05, 0) is 18.1 Å². The minimum Gasteiger partial charge on any atom is -0.324 e. The molecule has 0 fully saturated rings. The molecule has 1 aromatic carbocycles. The van der Waals surface area contributed by atoms with Gasteiger partial charge in [0, 0.05) is 12.0 Å². The highest BCUT2D eigenvalue weighted by Gasteiger charge is 2.20. The van der Waals surface area contributed by atoms with E-state index in [1.165, 1.54) is 6.07 Å². The van der Waals surface area contributed by atoms with Crippen molar-refractivity contribution in [3.05, 3.63) is 24.0 Å². The third-order valence-electron chi connectivity index (χ3n) is 3.45. The fourth-order valence-corrected chi connectivity index (χ4v) is 2.34. The second kappa shape index (κ2) is 6.89. The van der Waals surface area contributed by atoms with Crippen molar-refractivity contribution in [3.63, 3.8) is 0 Å². The molecule has 0 bridgehead atoms. The Morgan fingerprint density at radius 2 is 1.90 bits per heavy atom. The molecular formula is C14H21FN2O3S. The monoisotopic (exact) mass is 316 g/mol. The Morgan fingerprint density at radius 1 is 1.29 bits per heavy atom. The first-order valence-electron chi connectivity index (χ1n) is 6.72. The average Bonchev–Trinajstić information content (AvgIpc) is 2.38. The number of anilines is 2. The second-order valence-corrected chi connectivity index (χ2v) is 6.98. The average molecular weight is 316 g/mol. The molecule has 0 spiro atoms. The molecule has 0 unspecified atom stereocenters. The van der Waals surface area contributed by atoms with E-state index in [9.17, 15) is 17.6 Å². The highest BCUT2D eigenvalue weighted by atomic mass is 32.2. The van der Waals surface area contributed by atoms with Gasteiger partial charge in [0.2, 0.25) is 15.9 Å². The molecule has 118 valence electrons. The summed E-state index contributed by atoms with van der Waals surface area (Å²) >= 11 is 0. The largest absolute Gasteiger partial charge is 0.324 e. The van der Waals surface area contributed by atoms with Gasteiger partial charge in [-0.1, -0.05) is 27.2 Å². The molecule has 5 nitrogen and oxygen atoms in total. The predicted octanol–water partition coefficient (Wildman–Crippen LogP) is 2.82. The SMILES string of the molecule is CC[C@H](C)[C@H](C)C(=O)Nc1ccc(F)cc1NS(C)(=O)=O. The number of carbonyl (C=O) groups is 1. The number of hydrogen-bond donors (Lipinski definition) is 2. The van der Waals surface area contributed by atoms with Gasteiger partial charge >= 0.3 is 0 Å². The lowest BCUT2D eigenvalue weighted by atomic mass is 9.93. The van der Waals surface area contributed by atoms with E-state index in [-0.39, 0.29) is 29.1 Å². The molecule has 0 heterocycles. The van der Waals surface area contributed by atoms with Crippen LogP contribution in [0.25, 0.3) is 0 Å². The minimum absolute atomic E-state index is 0.0159. The van der Waals surface area contributed by atoms with Gasteiger partial charge in [-0.2, -0.15) is 0 Å². The number of carbonyl (C=O) groups excluding carboxylic acids is 1. The van der Waals surface area contributed by atoms with Crippen molar-refractivity contribution >= 4 is 27.3 Å². The van der Waals surface area contributed by atoms with Crippen molar-refractivity contribution in [1.29, 1.82) is 0 Å². The molecule has 7 heteroatoms. The van der Waals surface area contributed by atoms with E-state index >= 15 is 0 Å². The van der Waals surface area contributed by atoms with Crippen LogP contribution in [0.15, 0.2) is 18.2 Å². The maximum atomic E-state index is 13.3. The van der Waals surface area contributed by atoms with Crippen LogP contribution in [-0.2, 0) is 14.8 Å². The van der Waals surface area contributed by atoms with Crippen LogP contribution < -0.4 is 10.0 Å². The van der Waals surface area contributed by atoms with Gasteiger partial charge in [0.1, 0.15) is 5.82 Å². The van der Waals surface area contributed by atoms with E-state index in [1.54, 1.807) is 6.92 Å². The highest BCUT2D eigenvalue weighted by molar-refractivity contribution is 7.92. The molecule has 1 rings (SSSR count). The van der Waals surface area contributed by atoms with E-state index < -0.39 is 15.8 Å². The van der Waals surface area contributed by atoms with Crippen LogP contribution in [-0.4, -0.2) is 20.6 Å². The highest BCUT2D eigenvalue weighted by Crippen LogP contribution is 2.25. The Bertz CT molecular complexity index is 617. The van der Waals surface area contributed by atoms with Crippen LogP contribution in [0.5, 0.6) is 0 Å². The van der Waals surface area contributed by atoms with Crippen molar-refractivity contribution in [1.82, 2.24) is 0 Å². The normalized spacial score (nSPS) is 14.3. The van der Waals surface area contributed by atoms with E-state index in [0.717, 1.165) is 24.8 Å². The van der Waals surface area contributed by atoms with Crippen LogP contribution in [0.2, 0.25) is 0 Å². The van der Waals surface area contributed by atoms with E-state index in [0.29, 0.717) is 0 Å². The van der Waals surface area contributed by atoms with Gasteiger partial charge in [-0.15, -0.1) is 0 Å². The van der Waals surface area contributed by atoms with Gasteiger partial charge in [-0.3, -0.25) is 9.52 Å². The smallest absolute Gasteiger partial charge is 0.229 e. The molecule has 0 aliphatic heterocycles. The molecule has 1 amide bonds. The van der Waals surface area contributed by atoms with Crippen LogP contribution in [0.3, 0.4) is 0 Å². The molecule has 1 aromatic rings. The Hall–Kier alpha value is -1.63. The number of hydrogen-bond acceptors (Lipinski definition) is 3. The number of rotatable bonds is 6. The molecule has 21 heavy (non-hydrogen) atoms. The summed E-state index contributed by atoms with van der Waals surface area (Å²) in [6.07, 6.45) is 1.82. The minimum atomic E-state index is -3.56. The summed E-state index contributed by atoms with van der Waals surface area (Å²) in [5.41, 5.74) is 0.254.